The molecule has 129 heavy (non-hydrogen) atoms. The van der Waals surface area contributed by atoms with Crippen molar-refractivity contribution in [1.82, 2.24) is 55.0 Å². The van der Waals surface area contributed by atoms with E-state index in [0.717, 1.165) is 16.8 Å². The summed E-state index contributed by atoms with van der Waals surface area (Å²) < 4.78 is 75.5. The summed E-state index contributed by atoms with van der Waals surface area (Å²) in [5.74, 6) is -3.92. The van der Waals surface area contributed by atoms with Gasteiger partial charge in [-0.3, -0.25) is 33.7 Å². The summed E-state index contributed by atoms with van der Waals surface area (Å²) in [6, 6.07) is 12.7. The van der Waals surface area contributed by atoms with Crippen LogP contribution in [0, 0.1) is 47.9 Å². The van der Waals surface area contributed by atoms with Crippen molar-refractivity contribution in [3.05, 3.63) is 70.7 Å². The molecular formula is C93H155FN16O18S. The van der Waals surface area contributed by atoms with E-state index in [1.165, 1.54) is 13.2 Å². The number of halogens is 1. The van der Waals surface area contributed by atoms with Gasteiger partial charge in [-0.05, 0) is 263 Å². The third kappa shape index (κ3) is 29.5. The van der Waals surface area contributed by atoms with Gasteiger partial charge in [0.05, 0.1) is 53.9 Å². The van der Waals surface area contributed by atoms with Crippen molar-refractivity contribution in [2.75, 3.05) is 134 Å². The number of rotatable bonds is 27. The first-order valence-corrected chi connectivity index (χ1v) is 46.8. The summed E-state index contributed by atoms with van der Waals surface area (Å²) >= 11 is 0.250. The second kappa shape index (κ2) is 51.2. The number of ketones is 2. The number of hydrogen-bond donors (Lipinski definition) is 6. The van der Waals surface area contributed by atoms with Crippen molar-refractivity contribution in [3.8, 4) is 23.6 Å². The number of likely N-dealkylation sites (N-methyl/N-ethyl adjacent to an activating group) is 2. The Morgan fingerprint density at radius 2 is 1.06 bits per heavy atom. The maximum atomic E-state index is 14.5. The number of ether oxygens (including phenoxy) is 10. The van der Waals surface area contributed by atoms with Crippen molar-refractivity contribution >= 4 is 59.2 Å². The lowest BCUT2D eigenvalue weighted by molar-refractivity contribution is -0.295. The highest BCUT2D eigenvalue weighted by Gasteiger charge is 2.62. The van der Waals surface area contributed by atoms with Gasteiger partial charge in [-0.2, -0.15) is 3.89 Å². The van der Waals surface area contributed by atoms with Crippen molar-refractivity contribution in [2.24, 2.45) is 40.6 Å². The summed E-state index contributed by atoms with van der Waals surface area (Å²) in [5, 5.41) is 42.9. The van der Waals surface area contributed by atoms with Gasteiger partial charge in [0.25, 0.3) is 0 Å². The Morgan fingerprint density at radius 1 is 0.651 bits per heavy atom. The Bertz CT molecular complexity index is 4110. The van der Waals surface area contributed by atoms with Crippen molar-refractivity contribution < 1.29 is 90.2 Å². The normalized spacial score (nSPS) is 34.0. The molecule has 3 aromatic rings. The van der Waals surface area contributed by atoms with Gasteiger partial charge >= 0.3 is 24.1 Å². The zero-order chi connectivity index (χ0) is 96.3. The largest absolute Gasteiger partial charge is 0.458 e. The number of carbonyl (C=O) groups is 6. The van der Waals surface area contributed by atoms with E-state index in [1.807, 2.05) is 164 Å². The zero-order valence-electron chi connectivity index (χ0n) is 81.4. The summed E-state index contributed by atoms with van der Waals surface area (Å²) in [4.78, 5) is 99.5. The number of aromatic nitrogens is 3. The number of fused-ring (bicyclic) bond motifs is 2. The molecule has 26 atom stereocenters. The highest BCUT2D eigenvalue weighted by molar-refractivity contribution is 7.93. The number of benzene rings is 2. The summed E-state index contributed by atoms with van der Waals surface area (Å²) in [6.07, 6.45) is 5.96. The number of azide groups is 1. The molecule has 9 rings (SSSR count). The van der Waals surface area contributed by atoms with Crippen LogP contribution in [0.3, 0.4) is 0 Å². The van der Waals surface area contributed by atoms with Gasteiger partial charge in [-0.15, -0.1) is 11.5 Å². The number of aryl methyl sites for hydroxylation is 1. The van der Waals surface area contributed by atoms with Gasteiger partial charge in [0.2, 0.25) is 0 Å². The Balaban J connectivity index is 0.000000355. The average Bonchev–Trinajstić information content (AvgIpc) is 1.61. The molecule has 6 aliphatic heterocycles. The van der Waals surface area contributed by atoms with E-state index in [-0.39, 0.29) is 60.4 Å². The number of unbranched alkanes of at least 4 members (excludes halogenated alkanes) is 2. The second-order valence-corrected chi connectivity index (χ2v) is 38.1. The number of terminal acetylenes is 1. The summed E-state index contributed by atoms with van der Waals surface area (Å²) in [5.41, 5.74) is 19.4. The lowest BCUT2D eigenvalue weighted by Crippen LogP contribution is -2.62. The van der Waals surface area contributed by atoms with Gasteiger partial charge < -0.3 is 99.3 Å². The highest BCUT2D eigenvalue weighted by Crippen LogP contribution is 2.45. The Morgan fingerprint density at radius 3 is 1.43 bits per heavy atom. The van der Waals surface area contributed by atoms with Crippen LogP contribution < -0.4 is 22.1 Å². The van der Waals surface area contributed by atoms with Crippen LogP contribution >= 0.6 is 12.1 Å². The fourth-order valence-electron chi connectivity index (χ4n) is 19.2. The third-order valence-corrected chi connectivity index (χ3v) is 26.4. The van der Waals surface area contributed by atoms with Crippen molar-refractivity contribution in [3.63, 3.8) is 0 Å². The van der Waals surface area contributed by atoms with Crippen LogP contribution in [0.4, 0.5) is 24.8 Å². The number of nitrogen functional groups attached to an aromatic ring is 2. The van der Waals surface area contributed by atoms with Crippen LogP contribution in [0.5, 0.6) is 0 Å². The molecule has 2 aromatic carbocycles. The number of amides is 2. The minimum absolute atomic E-state index is 0.0279. The zero-order valence-corrected chi connectivity index (χ0v) is 82.2. The Hall–Kier alpha value is -7.41. The van der Waals surface area contributed by atoms with Crippen LogP contribution in [-0.4, -0.2) is 333 Å². The summed E-state index contributed by atoms with van der Waals surface area (Å²) in [6.45, 7) is 30.0. The number of aliphatic hydroxyl groups excluding tert-OH is 2. The van der Waals surface area contributed by atoms with E-state index < -0.39 is 143 Å². The molecule has 0 spiro atoms. The summed E-state index contributed by atoms with van der Waals surface area (Å²) in [7, 11) is 18.8. The number of carbonyl (C=O) groups excluding carboxylic acids is 6. The molecule has 2 amide bonds. The third-order valence-electron chi connectivity index (χ3n) is 26.4. The first-order valence-electron chi connectivity index (χ1n) is 45.7. The number of esters is 2. The second-order valence-electron chi connectivity index (χ2n) is 37.8. The minimum atomic E-state index is -1.26. The molecule has 728 valence electrons. The molecule has 6 unspecified atom stereocenters. The maximum Gasteiger partial charge on any atom is 0.410 e. The number of hydrogen-bond acceptors (Lipinski definition) is 30. The van der Waals surface area contributed by atoms with Crippen LogP contribution in [0.2, 0.25) is 0 Å². The molecule has 36 heteroatoms. The van der Waals surface area contributed by atoms with Crippen molar-refractivity contribution in [1.29, 1.82) is 0 Å². The maximum absolute atomic E-state index is 14.5. The molecule has 6 aliphatic rings. The van der Waals surface area contributed by atoms with Crippen LogP contribution in [0.25, 0.3) is 21.7 Å². The number of Topliss-reactive ketones (excluding diaryl/α,β-unsaturated/α-hetero) is 2. The average molecular weight is 1840 g/mol. The molecule has 6 saturated heterocycles. The molecule has 0 bridgehead atoms. The fourth-order valence-corrected chi connectivity index (χ4v) is 19.2. The molecule has 1 aromatic heterocycles. The Kier molecular flexibility index (Phi) is 43.8. The smallest absolute Gasteiger partial charge is 0.410 e. The van der Waals surface area contributed by atoms with E-state index in [0.29, 0.717) is 141 Å². The minimum Gasteiger partial charge on any atom is -0.458 e. The van der Waals surface area contributed by atoms with E-state index in [1.54, 1.807) is 61.6 Å². The topological polar surface area (TPSA) is 410 Å². The number of cyclic esters (lactones) is 2. The molecule has 6 fully saturated rings. The lowest BCUT2D eigenvalue weighted by atomic mass is 9.78. The molecule has 7 heterocycles. The highest BCUT2D eigenvalue weighted by atomic mass is 32.2. The Labute approximate surface area is 770 Å². The number of methoxy groups -OCH3 is 2. The van der Waals surface area contributed by atoms with Crippen LogP contribution in [0.1, 0.15) is 180 Å². The molecular weight excluding hydrogens is 1680 g/mol. The van der Waals surface area contributed by atoms with E-state index in [2.05, 4.69) is 60.5 Å². The number of nitrogens with two attached hydrogens (primary N) is 2. The first-order chi connectivity index (χ1) is 60.8. The van der Waals surface area contributed by atoms with Gasteiger partial charge in [0.15, 0.2) is 35.3 Å². The lowest BCUT2D eigenvalue weighted by Gasteiger charge is -2.46. The molecule has 0 radical (unpaired) electrons. The molecule has 0 aliphatic carbocycles. The molecule has 8 N–H and O–H groups in total. The van der Waals surface area contributed by atoms with Crippen molar-refractivity contribution in [2.45, 2.75) is 301 Å². The monoisotopic (exact) mass is 1840 g/mol. The predicted octanol–water partition coefficient (Wildman–Crippen LogP) is 10.7. The van der Waals surface area contributed by atoms with E-state index in [4.69, 9.17) is 70.8 Å². The van der Waals surface area contributed by atoms with E-state index >= 15 is 0 Å². The van der Waals surface area contributed by atoms with Gasteiger partial charge in [-0.1, -0.05) is 76.0 Å². The van der Waals surface area contributed by atoms with Crippen LogP contribution in [0.15, 0.2) is 59.8 Å². The van der Waals surface area contributed by atoms with Gasteiger partial charge in [-0.25, -0.2) is 9.59 Å². The van der Waals surface area contributed by atoms with Gasteiger partial charge in [0, 0.05) is 122 Å². The first kappa shape index (κ1) is 110. The quantitative estimate of drug-likeness (QED) is 0.00475. The number of nitrogens with one attached hydrogen (secondary N) is 2. The number of nitrogens with zero attached hydrogens (tertiary/aromatic N) is 12. The van der Waals surface area contributed by atoms with Crippen LogP contribution in [-0.2, 0) is 73.1 Å². The van der Waals surface area contributed by atoms with E-state index in [9.17, 15) is 42.9 Å². The number of aliphatic hydroxyl groups is 2. The van der Waals surface area contributed by atoms with Gasteiger partial charge in [0.1, 0.15) is 41.9 Å². The predicted molar refractivity (Wildman–Crippen MR) is 496 cm³/mol. The molecule has 0 saturated carbocycles. The fraction of sp³-hybridized carbons (Fsp3) is 0.763. The SMILES string of the molecule is C#Cc1cccc(N)c1.CC[C@H]1OC(=O)[C@H](C)C(=O)[C@H](C)[C@@H](O[C@@H]2OC(C)CC(N(C)C)C2O)[C@](C)(OC)C[C@@H](C)CN[C@H](CCN(C)C)[C@H]2N(CCCCN=[N+]=[N-])C(=O)O[C@]12C.CC[C@H]1OC(=O)[C@H](C)C(=O)[C@H](C)[C@@H](O[C@@H]2OC(C)CC(N(C)C)C2O)[C@](C)(OC)C[C@@H](C)CN[C@H](CCN(C)C)[C@H]2N(CCCCn3cc(-c4cccc(N)c4)nn3)C(=O)O[C@]12C.CSF. The molecule has 34 nitrogen and oxygen atoms in total. The number of anilines is 2. The standard InChI is InChI=1S/C46H76N8O9.C38H69N7O9.C8H7N.CH3FS/c1-13-37-46(7)40(54(44(58)63-46)21-15-14-20-53-27-35(49-50-53)32-17-16-18-33(47)24-32)34(19-22-51(8)9)48-26-28(2)25-45(6,59-12)41(30(4)38(55)31(5)42(57)61-37)62-43-39(56)36(52(10)11)23-29(3)60-43;1-13-29-38(7)32(45(36(49)54-38)18-15-14-17-41-42-39)27(16-19-43(8)9)40-22-23(2)21-37(6,50-12)33(25(4)30(46)26(5)34(48)52-29)53-35-31(47)28(44(10)11)20-24(3)51-35;1-2-7-4-3-5-8(9)6-7;1-3-2/h16-18,24,27-31,34,36-37,39-41,43,48,56H,13-15,19-23,25-26,47H2,1-12H3;23-29,31-33,35,40,47H,13-22H2,1-12H3;1,3-6H,9H2;1H3/t28-,29?,30+,31-,34-,36?,37-,39?,40-,41-,43+,45-,46-;23-,24?,25+,26-,27-,28?,29-,31?,32-,33-,35+,37-,38-;;/m11../s1.